The Morgan fingerprint density at radius 1 is 1.50 bits per heavy atom. The van der Waals surface area contributed by atoms with Gasteiger partial charge in [0.2, 0.25) is 11.8 Å². The maximum absolute atomic E-state index is 12.3. The zero-order valence-electron chi connectivity index (χ0n) is 14.4. The van der Waals surface area contributed by atoms with E-state index >= 15 is 0 Å². The van der Waals surface area contributed by atoms with E-state index < -0.39 is 0 Å². The fourth-order valence-electron chi connectivity index (χ4n) is 3.32. The molecule has 1 amide bonds. The first-order chi connectivity index (χ1) is 11.6. The zero-order valence-corrected chi connectivity index (χ0v) is 14.4. The highest BCUT2D eigenvalue weighted by Gasteiger charge is 2.46. The molecule has 1 N–H and O–H groups in total. The molecule has 0 unspecified atom stereocenters. The SMILES string of the molecule is COc1cc(N2CC[C@H]3O[C@H](C(=O)NCCN(C)C)C[C@H]32)ncn1. The number of aromatic nitrogens is 2. The largest absolute Gasteiger partial charge is 0.481 e. The fraction of sp³-hybridized carbons (Fsp3) is 0.688. The molecule has 1 aromatic rings. The van der Waals surface area contributed by atoms with Crippen LogP contribution in [0.2, 0.25) is 0 Å². The molecule has 3 heterocycles. The molecule has 0 spiro atoms. The number of hydrogen-bond donors (Lipinski definition) is 1. The topological polar surface area (TPSA) is 79.8 Å². The molecule has 0 radical (unpaired) electrons. The Labute approximate surface area is 142 Å². The van der Waals surface area contributed by atoms with Gasteiger partial charge in [-0.3, -0.25) is 4.79 Å². The second kappa shape index (κ2) is 7.31. The number of methoxy groups -OCH3 is 1. The number of likely N-dealkylation sites (N-methyl/N-ethyl adjacent to an activating group) is 1. The number of fused-ring (bicyclic) bond motifs is 1. The number of carbonyl (C=O) groups is 1. The molecular weight excluding hydrogens is 310 g/mol. The van der Waals surface area contributed by atoms with Gasteiger partial charge >= 0.3 is 0 Å². The summed E-state index contributed by atoms with van der Waals surface area (Å²) in [4.78, 5) is 24.9. The summed E-state index contributed by atoms with van der Waals surface area (Å²) in [5.41, 5.74) is 0. The van der Waals surface area contributed by atoms with Crippen molar-refractivity contribution in [3.05, 3.63) is 12.4 Å². The van der Waals surface area contributed by atoms with Crippen LogP contribution in [-0.4, -0.2) is 79.9 Å². The third-order valence-electron chi connectivity index (χ3n) is 4.56. The summed E-state index contributed by atoms with van der Waals surface area (Å²) in [6.45, 7) is 2.32. The summed E-state index contributed by atoms with van der Waals surface area (Å²) in [6.07, 6.45) is 2.79. The summed E-state index contributed by atoms with van der Waals surface area (Å²) < 4.78 is 11.1. The highest BCUT2D eigenvalue weighted by molar-refractivity contribution is 5.81. The van der Waals surface area contributed by atoms with Crippen molar-refractivity contribution in [2.45, 2.75) is 31.1 Å². The summed E-state index contributed by atoms with van der Waals surface area (Å²) in [6, 6.07) is 2.00. The average Bonchev–Trinajstić information content (AvgIpc) is 3.14. The van der Waals surface area contributed by atoms with Gasteiger partial charge in [-0.2, -0.15) is 0 Å². The molecule has 0 saturated carbocycles. The highest BCUT2D eigenvalue weighted by atomic mass is 16.5. The maximum atomic E-state index is 12.3. The number of amides is 1. The van der Waals surface area contributed by atoms with Crippen LogP contribution >= 0.6 is 0 Å². The Bertz CT molecular complexity index is 583. The first-order valence-corrected chi connectivity index (χ1v) is 8.29. The molecule has 2 aliphatic heterocycles. The van der Waals surface area contributed by atoms with Crippen LogP contribution in [0.15, 0.2) is 12.4 Å². The Morgan fingerprint density at radius 2 is 2.33 bits per heavy atom. The van der Waals surface area contributed by atoms with E-state index in [0.29, 0.717) is 18.8 Å². The molecule has 0 aromatic carbocycles. The molecule has 2 fully saturated rings. The predicted octanol–water partition coefficient (Wildman–Crippen LogP) is -0.101. The van der Waals surface area contributed by atoms with Crippen LogP contribution < -0.4 is 15.0 Å². The third-order valence-corrected chi connectivity index (χ3v) is 4.56. The lowest BCUT2D eigenvalue weighted by Crippen LogP contribution is -2.39. The fourth-order valence-corrected chi connectivity index (χ4v) is 3.32. The molecule has 132 valence electrons. The molecule has 3 rings (SSSR count). The number of rotatable bonds is 6. The lowest BCUT2D eigenvalue weighted by molar-refractivity contribution is -0.132. The minimum Gasteiger partial charge on any atom is -0.481 e. The minimum absolute atomic E-state index is 0.0218. The molecule has 2 aliphatic rings. The number of hydrogen-bond acceptors (Lipinski definition) is 7. The van der Waals surface area contributed by atoms with Crippen LogP contribution in [0, 0.1) is 0 Å². The smallest absolute Gasteiger partial charge is 0.249 e. The second-order valence-electron chi connectivity index (χ2n) is 6.46. The van der Waals surface area contributed by atoms with Gasteiger partial charge in [-0.1, -0.05) is 0 Å². The Morgan fingerprint density at radius 3 is 3.08 bits per heavy atom. The minimum atomic E-state index is -0.381. The van der Waals surface area contributed by atoms with Crippen LogP contribution in [0.1, 0.15) is 12.8 Å². The number of nitrogens with one attached hydrogen (secondary N) is 1. The van der Waals surface area contributed by atoms with Gasteiger partial charge in [-0.05, 0) is 20.5 Å². The molecule has 8 nitrogen and oxygen atoms in total. The van der Waals surface area contributed by atoms with E-state index in [1.54, 1.807) is 7.11 Å². The lowest BCUT2D eigenvalue weighted by atomic mass is 10.1. The van der Waals surface area contributed by atoms with Gasteiger partial charge in [-0.15, -0.1) is 0 Å². The third kappa shape index (κ3) is 3.59. The molecule has 3 atom stereocenters. The van der Waals surface area contributed by atoms with E-state index in [1.807, 2.05) is 25.1 Å². The molecule has 8 heteroatoms. The summed E-state index contributed by atoms with van der Waals surface area (Å²) in [5.74, 6) is 1.35. The van der Waals surface area contributed by atoms with Gasteiger partial charge in [0.1, 0.15) is 18.2 Å². The molecule has 0 bridgehead atoms. The van der Waals surface area contributed by atoms with Gasteiger partial charge in [0, 0.05) is 32.1 Å². The number of nitrogens with zero attached hydrogens (tertiary/aromatic N) is 4. The van der Waals surface area contributed by atoms with Crippen molar-refractivity contribution in [1.82, 2.24) is 20.2 Å². The Kier molecular flexibility index (Phi) is 5.15. The van der Waals surface area contributed by atoms with E-state index in [4.69, 9.17) is 9.47 Å². The standard InChI is InChI=1S/C16H25N5O3/c1-20(2)7-5-17-16(22)13-8-11-12(24-13)4-6-21(11)14-9-15(23-3)19-10-18-14/h9-13H,4-8H2,1-3H3,(H,17,22)/t11-,12-,13+/m1/s1. The van der Waals surface area contributed by atoms with E-state index in [1.165, 1.54) is 6.33 Å². The molecule has 0 aliphatic carbocycles. The normalized spacial score (nSPS) is 25.8. The predicted molar refractivity (Wildman–Crippen MR) is 89.2 cm³/mol. The number of ether oxygens (including phenoxy) is 2. The van der Waals surface area contributed by atoms with Crippen LogP contribution in [0.25, 0.3) is 0 Å². The van der Waals surface area contributed by atoms with Gasteiger partial charge in [-0.25, -0.2) is 9.97 Å². The zero-order chi connectivity index (χ0) is 17.1. The number of carbonyl (C=O) groups excluding carboxylic acids is 1. The molecule has 1 aromatic heterocycles. The van der Waals surface area contributed by atoms with E-state index in [2.05, 4.69) is 20.2 Å². The van der Waals surface area contributed by atoms with E-state index in [-0.39, 0.29) is 24.2 Å². The van der Waals surface area contributed by atoms with Gasteiger partial charge in [0.25, 0.3) is 0 Å². The van der Waals surface area contributed by atoms with Crippen LogP contribution in [0.4, 0.5) is 5.82 Å². The molecular formula is C16H25N5O3. The Balaban J connectivity index is 1.60. The Hall–Kier alpha value is -1.93. The maximum Gasteiger partial charge on any atom is 0.249 e. The first kappa shape index (κ1) is 16.9. The summed E-state index contributed by atoms with van der Waals surface area (Å²) >= 11 is 0. The van der Waals surface area contributed by atoms with Gasteiger partial charge in [0.05, 0.1) is 19.3 Å². The van der Waals surface area contributed by atoms with Crippen molar-refractivity contribution in [3.63, 3.8) is 0 Å². The highest BCUT2D eigenvalue weighted by Crippen LogP contribution is 2.35. The van der Waals surface area contributed by atoms with Crippen LogP contribution in [0.5, 0.6) is 5.88 Å². The van der Waals surface area contributed by atoms with E-state index in [0.717, 1.165) is 25.3 Å². The van der Waals surface area contributed by atoms with Crippen molar-refractivity contribution >= 4 is 11.7 Å². The van der Waals surface area contributed by atoms with Gasteiger partial charge < -0.3 is 24.6 Å². The summed E-state index contributed by atoms with van der Waals surface area (Å²) in [5, 5.41) is 2.95. The molecule has 24 heavy (non-hydrogen) atoms. The van der Waals surface area contributed by atoms with E-state index in [9.17, 15) is 4.79 Å². The molecule has 2 saturated heterocycles. The first-order valence-electron chi connectivity index (χ1n) is 8.29. The average molecular weight is 335 g/mol. The van der Waals surface area contributed by atoms with Crippen molar-refractivity contribution in [3.8, 4) is 5.88 Å². The van der Waals surface area contributed by atoms with Crippen molar-refractivity contribution < 1.29 is 14.3 Å². The monoisotopic (exact) mass is 335 g/mol. The second-order valence-corrected chi connectivity index (χ2v) is 6.46. The van der Waals surface area contributed by atoms with Gasteiger partial charge in [0.15, 0.2) is 0 Å². The summed E-state index contributed by atoms with van der Waals surface area (Å²) in [7, 11) is 5.55. The van der Waals surface area contributed by atoms with Crippen molar-refractivity contribution in [2.75, 3.05) is 45.7 Å². The quantitative estimate of drug-likeness (QED) is 0.777. The number of anilines is 1. The van der Waals surface area contributed by atoms with Crippen molar-refractivity contribution in [2.24, 2.45) is 0 Å². The lowest BCUT2D eigenvalue weighted by Gasteiger charge is -2.24. The van der Waals surface area contributed by atoms with Crippen molar-refractivity contribution in [1.29, 1.82) is 0 Å². The van der Waals surface area contributed by atoms with Crippen LogP contribution in [0.3, 0.4) is 0 Å². The van der Waals surface area contributed by atoms with Crippen LogP contribution in [-0.2, 0) is 9.53 Å².